The molecule has 0 unspecified atom stereocenters. The van der Waals surface area contributed by atoms with E-state index in [1.807, 2.05) is 6.07 Å². The number of nitrogens with zero attached hydrogens (tertiary/aromatic N) is 3. The Balaban J connectivity index is 1.98. The molecule has 24 heavy (non-hydrogen) atoms. The second-order valence-electron chi connectivity index (χ2n) is 5.42. The average molecular weight is 362 g/mol. The number of ether oxygens (including phenoxy) is 1. The molecule has 6 nitrogen and oxygen atoms in total. The van der Waals surface area contributed by atoms with Gasteiger partial charge in [-0.2, -0.15) is 5.26 Å². The molecule has 0 fully saturated rings. The predicted octanol–water partition coefficient (Wildman–Crippen LogP) is 3.71. The number of nitrogens with one attached hydrogen (secondary N) is 1. The number of hydrogen-bond acceptors (Lipinski definition) is 7. The van der Waals surface area contributed by atoms with Crippen molar-refractivity contribution in [2.45, 2.75) is 37.1 Å². The van der Waals surface area contributed by atoms with Crippen molar-refractivity contribution in [2.24, 2.45) is 0 Å². The molecule has 0 spiro atoms. The van der Waals surface area contributed by atoms with Crippen LogP contribution in [0.25, 0.3) is 0 Å². The van der Waals surface area contributed by atoms with E-state index >= 15 is 0 Å². The fourth-order valence-electron chi connectivity index (χ4n) is 1.69. The zero-order valence-corrected chi connectivity index (χ0v) is 15.3. The van der Waals surface area contributed by atoms with Crippen LogP contribution >= 0.6 is 23.1 Å². The topological polar surface area (TPSA) is 87.9 Å². The molecular formula is C16H18N4O2S2. The number of aromatic nitrogens is 2. The van der Waals surface area contributed by atoms with Crippen molar-refractivity contribution in [2.75, 3.05) is 11.1 Å². The summed E-state index contributed by atoms with van der Waals surface area (Å²) in [6.07, 6.45) is 1.05. The highest BCUT2D eigenvalue weighted by Gasteiger charge is 2.31. The van der Waals surface area contributed by atoms with E-state index in [0.717, 1.165) is 16.5 Å². The number of hydrogen-bond donors (Lipinski definition) is 1. The predicted molar refractivity (Wildman–Crippen MR) is 95.4 cm³/mol. The molecule has 2 rings (SSSR count). The molecule has 0 saturated heterocycles. The fourth-order valence-corrected chi connectivity index (χ4v) is 3.37. The van der Waals surface area contributed by atoms with Gasteiger partial charge in [0, 0.05) is 5.75 Å². The Morgan fingerprint density at radius 2 is 2.08 bits per heavy atom. The Bertz CT molecular complexity index is 735. The Labute approximate surface area is 149 Å². The van der Waals surface area contributed by atoms with Crippen LogP contribution in [0.3, 0.4) is 0 Å². The van der Waals surface area contributed by atoms with E-state index in [1.54, 1.807) is 49.9 Å². The standard InChI is InChI=1S/C16H18N4O2S2/c1-4-9-23-15-20-19-14(24-15)18-13(21)16(2,3)22-12-7-5-11(10-17)6-8-12/h5-8H,4,9H2,1-3H3,(H,18,19,21). The Morgan fingerprint density at radius 1 is 1.38 bits per heavy atom. The van der Waals surface area contributed by atoms with Crippen LogP contribution in [0.4, 0.5) is 5.13 Å². The number of nitriles is 1. The molecule has 0 aliphatic heterocycles. The average Bonchev–Trinajstić information content (AvgIpc) is 3.00. The van der Waals surface area contributed by atoms with E-state index in [4.69, 9.17) is 10.00 Å². The van der Waals surface area contributed by atoms with Crippen LogP contribution in [0.5, 0.6) is 5.75 Å². The summed E-state index contributed by atoms with van der Waals surface area (Å²) in [6.45, 7) is 5.45. The van der Waals surface area contributed by atoms with Crippen LogP contribution < -0.4 is 10.1 Å². The van der Waals surface area contributed by atoms with Gasteiger partial charge in [-0.05, 0) is 44.5 Å². The van der Waals surface area contributed by atoms with Crippen LogP contribution in [0.15, 0.2) is 28.6 Å². The molecule has 0 radical (unpaired) electrons. The molecule has 8 heteroatoms. The van der Waals surface area contributed by atoms with Crippen LogP contribution in [-0.4, -0.2) is 27.5 Å². The lowest BCUT2D eigenvalue weighted by Gasteiger charge is -2.24. The number of benzene rings is 1. The summed E-state index contributed by atoms with van der Waals surface area (Å²) >= 11 is 2.96. The van der Waals surface area contributed by atoms with Gasteiger partial charge >= 0.3 is 0 Å². The van der Waals surface area contributed by atoms with Crippen molar-refractivity contribution in [3.63, 3.8) is 0 Å². The molecule has 1 aromatic carbocycles. The van der Waals surface area contributed by atoms with Gasteiger partial charge in [0.1, 0.15) is 5.75 Å². The van der Waals surface area contributed by atoms with Gasteiger partial charge in [0.05, 0.1) is 11.6 Å². The van der Waals surface area contributed by atoms with Gasteiger partial charge in [0.25, 0.3) is 5.91 Å². The van der Waals surface area contributed by atoms with E-state index in [-0.39, 0.29) is 5.91 Å². The monoisotopic (exact) mass is 362 g/mol. The Morgan fingerprint density at radius 3 is 2.71 bits per heavy atom. The van der Waals surface area contributed by atoms with E-state index in [2.05, 4.69) is 22.4 Å². The number of carbonyl (C=O) groups excluding carboxylic acids is 1. The number of amides is 1. The summed E-state index contributed by atoms with van der Waals surface area (Å²) in [5.41, 5.74) is -0.549. The zero-order valence-electron chi connectivity index (χ0n) is 13.7. The van der Waals surface area contributed by atoms with E-state index < -0.39 is 5.60 Å². The summed E-state index contributed by atoms with van der Waals surface area (Å²) in [7, 11) is 0. The normalized spacial score (nSPS) is 10.9. The van der Waals surface area contributed by atoms with Gasteiger partial charge in [0.15, 0.2) is 9.94 Å². The Kier molecular flexibility index (Phi) is 6.17. The Hall–Kier alpha value is -2.11. The minimum Gasteiger partial charge on any atom is -0.478 e. The molecule has 0 aliphatic carbocycles. The summed E-state index contributed by atoms with van der Waals surface area (Å²) < 4.78 is 6.57. The molecule has 2 aromatic rings. The summed E-state index contributed by atoms with van der Waals surface area (Å²) in [4.78, 5) is 12.4. The SMILES string of the molecule is CCCSc1nnc(NC(=O)C(C)(C)Oc2ccc(C#N)cc2)s1. The van der Waals surface area contributed by atoms with Crippen LogP contribution in [-0.2, 0) is 4.79 Å². The number of thioether (sulfide) groups is 1. The summed E-state index contributed by atoms with van der Waals surface area (Å²) in [6, 6.07) is 8.66. The first kappa shape index (κ1) is 18.2. The van der Waals surface area contributed by atoms with Gasteiger partial charge in [-0.1, -0.05) is 30.0 Å². The van der Waals surface area contributed by atoms with Crippen molar-refractivity contribution in [1.29, 1.82) is 5.26 Å². The smallest absolute Gasteiger partial charge is 0.269 e. The minimum atomic E-state index is -1.09. The van der Waals surface area contributed by atoms with Gasteiger partial charge in [-0.15, -0.1) is 10.2 Å². The van der Waals surface area contributed by atoms with Crippen molar-refractivity contribution in [1.82, 2.24) is 10.2 Å². The third kappa shape index (κ3) is 4.94. The minimum absolute atomic E-state index is 0.310. The van der Waals surface area contributed by atoms with Gasteiger partial charge < -0.3 is 4.74 Å². The first-order chi connectivity index (χ1) is 11.4. The van der Waals surface area contributed by atoms with Crippen molar-refractivity contribution in [3.05, 3.63) is 29.8 Å². The van der Waals surface area contributed by atoms with Gasteiger partial charge in [0.2, 0.25) is 5.13 Å². The van der Waals surface area contributed by atoms with Crippen LogP contribution in [0.1, 0.15) is 32.8 Å². The van der Waals surface area contributed by atoms with Crippen molar-refractivity contribution in [3.8, 4) is 11.8 Å². The third-order valence-electron chi connectivity index (χ3n) is 2.96. The largest absolute Gasteiger partial charge is 0.478 e. The second kappa shape index (κ2) is 8.13. The highest BCUT2D eigenvalue weighted by atomic mass is 32.2. The third-order valence-corrected chi connectivity index (χ3v) is 5.14. The van der Waals surface area contributed by atoms with Crippen molar-refractivity contribution >= 4 is 34.1 Å². The molecule has 126 valence electrons. The maximum absolute atomic E-state index is 12.4. The fraction of sp³-hybridized carbons (Fsp3) is 0.375. The zero-order chi connectivity index (χ0) is 17.6. The molecular weight excluding hydrogens is 344 g/mol. The molecule has 0 bridgehead atoms. The van der Waals surface area contributed by atoms with Crippen LogP contribution in [0, 0.1) is 11.3 Å². The highest BCUT2D eigenvalue weighted by molar-refractivity contribution is 8.01. The van der Waals surface area contributed by atoms with Gasteiger partial charge in [-0.3, -0.25) is 10.1 Å². The lowest BCUT2D eigenvalue weighted by Crippen LogP contribution is -2.42. The van der Waals surface area contributed by atoms with E-state index in [0.29, 0.717) is 16.4 Å². The van der Waals surface area contributed by atoms with E-state index in [1.165, 1.54) is 11.3 Å². The number of anilines is 1. The summed E-state index contributed by atoms with van der Waals surface area (Å²) in [5, 5.41) is 20.0. The number of rotatable bonds is 7. The quantitative estimate of drug-likeness (QED) is 0.597. The highest BCUT2D eigenvalue weighted by Crippen LogP contribution is 2.27. The molecule has 0 saturated carbocycles. The molecule has 0 atom stereocenters. The first-order valence-electron chi connectivity index (χ1n) is 7.41. The number of carbonyl (C=O) groups is 1. The summed E-state index contributed by atoms with van der Waals surface area (Å²) in [5.74, 6) is 1.18. The maximum Gasteiger partial charge on any atom is 0.269 e. The lowest BCUT2D eigenvalue weighted by molar-refractivity contribution is -0.128. The molecule has 1 heterocycles. The molecule has 1 amide bonds. The second-order valence-corrected chi connectivity index (χ2v) is 7.74. The maximum atomic E-state index is 12.4. The van der Waals surface area contributed by atoms with Gasteiger partial charge in [-0.25, -0.2) is 0 Å². The molecule has 0 aliphatic rings. The van der Waals surface area contributed by atoms with Crippen LogP contribution in [0.2, 0.25) is 0 Å². The van der Waals surface area contributed by atoms with E-state index in [9.17, 15) is 4.79 Å². The molecule has 1 N–H and O–H groups in total. The lowest BCUT2D eigenvalue weighted by atomic mass is 10.1. The van der Waals surface area contributed by atoms with Crippen molar-refractivity contribution < 1.29 is 9.53 Å². The molecule has 1 aromatic heterocycles. The first-order valence-corrected chi connectivity index (χ1v) is 9.21.